The monoisotopic (exact) mass is 521 g/mol. The van der Waals surface area contributed by atoms with Gasteiger partial charge >= 0.3 is 0 Å². The van der Waals surface area contributed by atoms with Crippen molar-refractivity contribution in [3.05, 3.63) is 59.5 Å². The molecule has 2 aliphatic heterocycles. The van der Waals surface area contributed by atoms with Gasteiger partial charge in [0, 0.05) is 55.6 Å². The summed E-state index contributed by atoms with van der Waals surface area (Å²) in [4.78, 5) is 26.5. The van der Waals surface area contributed by atoms with Gasteiger partial charge in [0.1, 0.15) is 5.82 Å². The average Bonchev–Trinajstić information content (AvgIpc) is 3.47. The summed E-state index contributed by atoms with van der Waals surface area (Å²) in [5.74, 6) is 0.808. The van der Waals surface area contributed by atoms with Crippen LogP contribution in [0, 0.1) is 11.8 Å². The molecule has 8 nitrogen and oxygen atoms in total. The van der Waals surface area contributed by atoms with Crippen LogP contribution in [0.1, 0.15) is 25.5 Å². The van der Waals surface area contributed by atoms with Crippen LogP contribution in [-0.2, 0) is 9.53 Å². The quantitative estimate of drug-likeness (QED) is 0.530. The van der Waals surface area contributed by atoms with Crippen molar-refractivity contribution < 1.29 is 14.6 Å². The van der Waals surface area contributed by atoms with Crippen molar-refractivity contribution in [2.45, 2.75) is 31.4 Å². The third-order valence-corrected chi connectivity index (χ3v) is 8.78. The Morgan fingerprint density at radius 3 is 2.68 bits per heavy atom. The highest BCUT2D eigenvalue weighted by Crippen LogP contribution is 2.53. The summed E-state index contributed by atoms with van der Waals surface area (Å²) in [6.07, 6.45) is 3.06. The van der Waals surface area contributed by atoms with E-state index in [-0.39, 0.29) is 29.2 Å². The predicted molar refractivity (Wildman–Crippen MR) is 144 cm³/mol. The number of nitrogens with zero attached hydrogens (tertiary/aromatic N) is 4. The van der Waals surface area contributed by atoms with Gasteiger partial charge in [-0.15, -0.1) is 0 Å². The van der Waals surface area contributed by atoms with Crippen LogP contribution in [0.3, 0.4) is 0 Å². The molecule has 1 aromatic carbocycles. The van der Waals surface area contributed by atoms with E-state index in [0.717, 1.165) is 48.3 Å². The molecule has 3 fully saturated rings. The van der Waals surface area contributed by atoms with E-state index in [4.69, 9.17) is 16.3 Å². The number of nitrogens with one attached hydrogen (secondary N) is 1. The maximum atomic E-state index is 13.0. The summed E-state index contributed by atoms with van der Waals surface area (Å²) in [6, 6.07) is 11.8. The van der Waals surface area contributed by atoms with Crippen molar-refractivity contribution >= 4 is 39.8 Å². The van der Waals surface area contributed by atoms with Crippen LogP contribution >= 0.6 is 11.6 Å². The first kappa shape index (κ1) is 24.6. The number of hydrogen-bond acceptors (Lipinski definition) is 7. The van der Waals surface area contributed by atoms with Gasteiger partial charge in [-0.1, -0.05) is 24.6 Å². The number of carbonyl (C=O) groups is 1. The first-order valence-electron chi connectivity index (χ1n) is 12.9. The Morgan fingerprint density at radius 1 is 1.16 bits per heavy atom. The number of ether oxygens (including phenoxy) is 1. The van der Waals surface area contributed by atoms with Crippen molar-refractivity contribution in [2.75, 3.05) is 49.6 Å². The van der Waals surface area contributed by atoms with Gasteiger partial charge in [0.25, 0.3) is 0 Å². The normalized spacial score (nSPS) is 30.0. The number of aliphatic hydroxyl groups excluding tert-OH is 1. The van der Waals surface area contributed by atoms with Crippen LogP contribution in [-0.4, -0.2) is 76.9 Å². The second kappa shape index (κ2) is 9.51. The number of fused-ring (bicyclic) bond motifs is 1. The van der Waals surface area contributed by atoms with Gasteiger partial charge in [0.2, 0.25) is 5.91 Å². The van der Waals surface area contributed by atoms with Crippen LogP contribution in [0.5, 0.6) is 0 Å². The first-order valence-corrected chi connectivity index (χ1v) is 13.3. The van der Waals surface area contributed by atoms with E-state index in [1.165, 1.54) is 0 Å². The van der Waals surface area contributed by atoms with Crippen molar-refractivity contribution in [3.63, 3.8) is 0 Å². The van der Waals surface area contributed by atoms with Gasteiger partial charge in [0.15, 0.2) is 0 Å². The third-order valence-electron chi connectivity index (χ3n) is 8.48. The van der Waals surface area contributed by atoms with Gasteiger partial charge in [-0.05, 0) is 48.6 Å². The summed E-state index contributed by atoms with van der Waals surface area (Å²) >= 11 is 6.70. The lowest BCUT2D eigenvalue weighted by Crippen LogP contribution is -2.60. The molecule has 194 valence electrons. The lowest BCUT2D eigenvalue weighted by Gasteiger charge is -2.45. The number of carbonyl (C=O) groups excluding carboxylic acids is 1. The zero-order chi connectivity index (χ0) is 25.7. The second-order valence-electron chi connectivity index (χ2n) is 10.7. The van der Waals surface area contributed by atoms with Gasteiger partial charge in [-0.2, -0.15) is 0 Å². The molecule has 2 N–H and O–H groups in total. The largest absolute Gasteiger partial charge is 0.389 e. The number of pyridine rings is 2. The second-order valence-corrected chi connectivity index (χ2v) is 11.1. The highest BCUT2D eigenvalue weighted by atomic mass is 35.5. The van der Waals surface area contributed by atoms with Crippen molar-refractivity contribution in [1.29, 1.82) is 0 Å². The Hall–Kier alpha value is -2.78. The highest BCUT2D eigenvalue weighted by molar-refractivity contribution is 6.34. The van der Waals surface area contributed by atoms with Gasteiger partial charge in [-0.25, -0.2) is 4.98 Å². The zero-order valence-corrected chi connectivity index (χ0v) is 21.9. The lowest BCUT2D eigenvalue weighted by molar-refractivity contribution is -0.117. The number of anilines is 2. The van der Waals surface area contributed by atoms with E-state index in [1.54, 1.807) is 12.4 Å². The Labute approximate surface area is 221 Å². The molecule has 1 saturated carbocycles. The maximum absolute atomic E-state index is 13.0. The van der Waals surface area contributed by atoms with Crippen molar-refractivity contribution in [3.8, 4) is 0 Å². The minimum Gasteiger partial charge on any atom is -0.389 e. The summed E-state index contributed by atoms with van der Waals surface area (Å²) in [6.45, 7) is 8.35. The molecule has 5 atom stereocenters. The zero-order valence-electron chi connectivity index (χ0n) is 21.1. The SMILES string of the molecule is C[C@@H]1[C@@H](C(=O)Nc2cc3cc(N4CCN([C@@]5(C)COC[C@H]5O)CC4)c(Cl)cc3cn2)[C@@H]1c1ccccn1. The Bertz CT molecular complexity index is 1320. The predicted octanol–water partition coefficient (Wildman–Crippen LogP) is 3.54. The molecular weight excluding hydrogens is 490 g/mol. The van der Waals surface area contributed by atoms with E-state index >= 15 is 0 Å². The number of benzene rings is 1. The lowest BCUT2D eigenvalue weighted by atomic mass is 9.95. The molecule has 6 rings (SSSR count). The molecule has 0 radical (unpaired) electrons. The molecule has 3 aliphatic rings. The third kappa shape index (κ3) is 4.46. The molecule has 37 heavy (non-hydrogen) atoms. The van der Waals surface area contributed by atoms with Crippen LogP contribution < -0.4 is 10.2 Å². The Balaban J connectivity index is 1.16. The van der Waals surface area contributed by atoms with Crippen molar-refractivity contribution in [2.24, 2.45) is 11.8 Å². The molecule has 4 heterocycles. The summed E-state index contributed by atoms with van der Waals surface area (Å²) in [7, 11) is 0. The summed E-state index contributed by atoms with van der Waals surface area (Å²) in [5.41, 5.74) is 1.59. The molecular formula is C28H32ClN5O3. The van der Waals surface area contributed by atoms with E-state index in [0.29, 0.717) is 24.1 Å². The van der Waals surface area contributed by atoms with E-state index in [2.05, 4.69) is 45.0 Å². The molecule has 1 amide bonds. The minimum atomic E-state index is -0.470. The Morgan fingerprint density at radius 2 is 1.97 bits per heavy atom. The van der Waals surface area contributed by atoms with Crippen LogP contribution in [0.15, 0.2) is 48.8 Å². The average molecular weight is 522 g/mol. The number of aromatic nitrogens is 2. The van der Waals surface area contributed by atoms with E-state index in [1.807, 2.05) is 30.3 Å². The van der Waals surface area contributed by atoms with Gasteiger partial charge < -0.3 is 20.1 Å². The standard InChI is InChI=1S/C28H32ClN5O3/c1-17-25(21-5-3-4-6-30-21)26(17)27(36)32-24-13-18-12-22(20(29)11-19(18)14-31-24)33-7-9-34(10-8-33)28(2)16-37-15-23(28)35/h3-6,11-14,17,23,25-26,35H,7-10,15-16H2,1-2H3,(H,31,32,36)/t17-,23+,25-,26+,28-/m0/s1. The maximum Gasteiger partial charge on any atom is 0.229 e. The molecule has 3 aromatic rings. The minimum absolute atomic E-state index is 0.0214. The summed E-state index contributed by atoms with van der Waals surface area (Å²) < 4.78 is 5.53. The fourth-order valence-electron chi connectivity index (χ4n) is 5.98. The molecule has 1 aliphatic carbocycles. The fraction of sp³-hybridized carbons (Fsp3) is 0.464. The smallest absolute Gasteiger partial charge is 0.229 e. The number of piperazine rings is 1. The van der Waals surface area contributed by atoms with Crippen LogP contribution in [0.2, 0.25) is 5.02 Å². The highest BCUT2D eigenvalue weighted by Gasteiger charge is 2.53. The molecule has 0 unspecified atom stereocenters. The van der Waals surface area contributed by atoms with E-state index in [9.17, 15) is 9.90 Å². The molecule has 2 aromatic heterocycles. The Kier molecular flexibility index (Phi) is 6.31. The number of amides is 1. The fourth-order valence-corrected chi connectivity index (χ4v) is 6.27. The summed E-state index contributed by atoms with van der Waals surface area (Å²) in [5, 5.41) is 16.0. The van der Waals surface area contributed by atoms with Crippen LogP contribution in [0.4, 0.5) is 11.5 Å². The number of halogens is 1. The number of hydrogen-bond donors (Lipinski definition) is 2. The van der Waals surface area contributed by atoms with Crippen molar-refractivity contribution in [1.82, 2.24) is 14.9 Å². The number of aliphatic hydroxyl groups is 1. The molecule has 9 heteroatoms. The van der Waals surface area contributed by atoms with Gasteiger partial charge in [-0.3, -0.25) is 14.7 Å². The number of rotatable bonds is 5. The topological polar surface area (TPSA) is 90.8 Å². The molecule has 0 spiro atoms. The first-order chi connectivity index (χ1) is 17.8. The van der Waals surface area contributed by atoms with Gasteiger partial charge in [0.05, 0.1) is 41.5 Å². The van der Waals surface area contributed by atoms with Crippen LogP contribution in [0.25, 0.3) is 10.8 Å². The molecule has 2 saturated heterocycles. The van der Waals surface area contributed by atoms with E-state index < -0.39 is 6.10 Å². The molecule has 0 bridgehead atoms.